The van der Waals surface area contributed by atoms with Crippen LogP contribution >= 0.6 is 0 Å². The number of nitrogens with two attached hydrogens (primary N) is 1. The molecule has 0 spiro atoms. The Labute approximate surface area is 197 Å². The van der Waals surface area contributed by atoms with Crippen molar-refractivity contribution in [2.75, 3.05) is 49.3 Å². The number of hydrogen-bond acceptors (Lipinski definition) is 9. The lowest BCUT2D eigenvalue weighted by molar-refractivity contribution is 0.122. The van der Waals surface area contributed by atoms with Gasteiger partial charge < -0.3 is 20.7 Å². The van der Waals surface area contributed by atoms with Gasteiger partial charge in [-0.3, -0.25) is 4.68 Å². The number of benzene rings is 2. The number of nitrogens with one attached hydrogen (secondary N) is 1. The van der Waals surface area contributed by atoms with Crippen molar-refractivity contribution in [1.82, 2.24) is 19.7 Å². The van der Waals surface area contributed by atoms with Crippen molar-refractivity contribution < 1.29 is 4.74 Å². The van der Waals surface area contributed by atoms with E-state index in [1.54, 1.807) is 13.1 Å². The predicted octanol–water partition coefficient (Wildman–Crippen LogP) is 4.21. The van der Waals surface area contributed by atoms with E-state index in [-0.39, 0.29) is 0 Å². The minimum Gasteiger partial charge on any atom is -0.397 e. The second-order valence-electron chi connectivity index (χ2n) is 8.18. The number of nitrogen functional groups attached to an aromatic ring is 1. The third-order valence-corrected chi connectivity index (χ3v) is 5.85. The van der Waals surface area contributed by atoms with Crippen LogP contribution in [-0.2, 0) is 11.8 Å². The van der Waals surface area contributed by atoms with Gasteiger partial charge in [0, 0.05) is 49.9 Å². The molecular weight excluding hydrogens is 430 g/mol. The fraction of sp³-hybridized carbons (Fsp3) is 0.292. The van der Waals surface area contributed by atoms with Gasteiger partial charge >= 0.3 is 0 Å². The molecule has 3 heterocycles. The van der Waals surface area contributed by atoms with Crippen LogP contribution in [0.2, 0.25) is 0 Å². The van der Waals surface area contributed by atoms with Gasteiger partial charge in [-0.05, 0) is 31.2 Å². The van der Waals surface area contributed by atoms with Gasteiger partial charge in [0.25, 0.3) is 0 Å². The second kappa shape index (κ2) is 9.06. The molecule has 2 aromatic carbocycles. The van der Waals surface area contributed by atoms with E-state index in [1.165, 1.54) is 0 Å². The first-order valence-corrected chi connectivity index (χ1v) is 11.1. The minimum atomic E-state index is 0.563. The maximum atomic E-state index is 6.02. The number of fused-ring (bicyclic) bond motifs is 1. The number of aromatic nitrogens is 4. The van der Waals surface area contributed by atoms with E-state index < -0.39 is 0 Å². The summed E-state index contributed by atoms with van der Waals surface area (Å²) in [7, 11) is 3.57. The zero-order valence-corrected chi connectivity index (χ0v) is 19.5. The molecule has 1 fully saturated rings. The van der Waals surface area contributed by atoms with Crippen LogP contribution in [-0.4, -0.2) is 53.1 Å². The monoisotopic (exact) mass is 457 g/mol. The topological polar surface area (TPSA) is 119 Å². The molecule has 10 heteroatoms. The minimum absolute atomic E-state index is 0.563. The Morgan fingerprint density at radius 2 is 1.88 bits per heavy atom. The molecule has 0 radical (unpaired) electrons. The maximum absolute atomic E-state index is 6.02. The lowest BCUT2D eigenvalue weighted by atomic mass is 10.1. The summed E-state index contributed by atoms with van der Waals surface area (Å²) in [6.07, 6.45) is 0. The number of nitrogens with zero attached hydrogens (tertiary/aromatic N) is 7. The summed E-state index contributed by atoms with van der Waals surface area (Å²) in [6.45, 7) is 4.81. The highest BCUT2D eigenvalue weighted by atomic mass is 16.5. The molecule has 34 heavy (non-hydrogen) atoms. The van der Waals surface area contributed by atoms with Gasteiger partial charge in [-0.15, -0.1) is 0 Å². The Balaban J connectivity index is 1.57. The zero-order valence-electron chi connectivity index (χ0n) is 19.5. The number of anilines is 4. The van der Waals surface area contributed by atoms with Crippen LogP contribution in [0.3, 0.4) is 0 Å². The van der Waals surface area contributed by atoms with E-state index in [9.17, 15) is 0 Å². The van der Waals surface area contributed by atoms with Gasteiger partial charge in [0.2, 0.25) is 5.95 Å². The summed E-state index contributed by atoms with van der Waals surface area (Å²) in [5.74, 6) is 1.34. The van der Waals surface area contributed by atoms with Crippen LogP contribution in [0.4, 0.5) is 28.8 Å². The van der Waals surface area contributed by atoms with Gasteiger partial charge in [0.1, 0.15) is 11.5 Å². The van der Waals surface area contributed by atoms with Crippen molar-refractivity contribution in [1.29, 1.82) is 0 Å². The lowest BCUT2D eigenvalue weighted by Crippen LogP contribution is -2.37. The summed E-state index contributed by atoms with van der Waals surface area (Å²) in [6, 6.07) is 13.8. The molecule has 0 atom stereocenters. The highest BCUT2D eigenvalue weighted by Crippen LogP contribution is 2.31. The first kappa shape index (κ1) is 21.8. The van der Waals surface area contributed by atoms with Crippen molar-refractivity contribution in [3.63, 3.8) is 0 Å². The van der Waals surface area contributed by atoms with E-state index >= 15 is 0 Å². The van der Waals surface area contributed by atoms with Crippen molar-refractivity contribution in [3.05, 3.63) is 48.2 Å². The standard InChI is InChI=1S/C24H27N9O/c1-15-18-6-4-16(12-22(18)32(3)31-15)20-14-23(29-24(28-20)33-8-10-34-11-9-33)27-17-5-7-19(25)21(13-17)30-26-2/h4-7,12-14H,8-11,25H2,1-3H3,(H,27,28,29). The second-order valence-corrected chi connectivity index (χ2v) is 8.18. The average Bonchev–Trinajstić information content (AvgIpc) is 3.14. The van der Waals surface area contributed by atoms with Crippen molar-refractivity contribution in [2.45, 2.75) is 6.92 Å². The molecule has 0 saturated carbocycles. The fourth-order valence-electron chi connectivity index (χ4n) is 4.11. The molecule has 174 valence electrons. The molecular formula is C24H27N9O. The first-order chi connectivity index (χ1) is 16.5. The number of morpholine rings is 1. The van der Waals surface area contributed by atoms with Crippen LogP contribution in [0.25, 0.3) is 22.2 Å². The molecule has 1 saturated heterocycles. The van der Waals surface area contributed by atoms with Gasteiger partial charge in [-0.25, -0.2) is 4.98 Å². The molecule has 0 bridgehead atoms. The SMILES string of the molecule is CN=Nc1cc(Nc2cc(-c3ccc4c(C)nn(C)c4c3)nc(N3CCOCC3)n2)ccc1N. The van der Waals surface area contributed by atoms with Crippen LogP contribution < -0.4 is 16.0 Å². The Morgan fingerprint density at radius 1 is 1.06 bits per heavy atom. The highest BCUT2D eigenvalue weighted by molar-refractivity contribution is 5.86. The normalized spacial score (nSPS) is 14.3. The molecule has 0 unspecified atom stereocenters. The van der Waals surface area contributed by atoms with Gasteiger partial charge in [-0.1, -0.05) is 12.1 Å². The molecule has 5 rings (SSSR count). The number of aryl methyl sites for hydroxylation is 2. The van der Waals surface area contributed by atoms with Crippen LogP contribution in [0, 0.1) is 6.92 Å². The highest BCUT2D eigenvalue weighted by Gasteiger charge is 2.17. The largest absolute Gasteiger partial charge is 0.397 e. The van der Waals surface area contributed by atoms with Crippen LogP contribution in [0.15, 0.2) is 52.7 Å². The van der Waals surface area contributed by atoms with Crippen molar-refractivity contribution in [3.8, 4) is 11.3 Å². The molecule has 1 aliphatic rings. The van der Waals surface area contributed by atoms with E-state index in [4.69, 9.17) is 20.4 Å². The van der Waals surface area contributed by atoms with Crippen LogP contribution in [0.5, 0.6) is 0 Å². The number of rotatable bonds is 5. The Bertz CT molecular complexity index is 1370. The number of hydrogen-bond donors (Lipinski definition) is 2. The van der Waals surface area contributed by atoms with Crippen molar-refractivity contribution >= 4 is 39.7 Å². The van der Waals surface area contributed by atoms with E-state index in [0.717, 1.165) is 46.6 Å². The quantitative estimate of drug-likeness (QED) is 0.340. The number of azo groups is 1. The van der Waals surface area contributed by atoms with Gasteiger partial charge in [0.05, 0.1) is 35.8 Å². The average molecular weight is 458 g/mol. The number of ether oxygens (including phenoxy) is 1. The maximum Gasteiger partial charge on any atom is 0.228 e. The van der Waals surface area contributed by atoms with Crippen LogP contribution in [0.1, 0.15) is 5.69 Å². The van der Waals surface area contributed by atoms with E-state index in [0.29, 0.717) is 36.4 Å². The summed E-state index contributed by atoms with van der Waals surface area (Å²) in [4.78, 5) is 11.9. The third kappa shape index (κ3) is 4.27. The predicted molar refractivity (Wildman–Crippen MR) is 134 cm³/mol. The Morgan fingerprint density at radius 3 is 2.68 bits per heavy atom. The lowest BCUT2D eigenvalue weighted by Gasteiger charge is -2.27. The molecule has 1 aliphatic heterocycles. The molecule has 0 amide bonds. The van der Waals surface area contributed by atoms with Gasteiger partial charge in [0.15, 0.2) is 0 Å². The summed E-state index contributed by atoms with van der Waals surface area (Å²) >= 11 is 0. The molecule has 3 N–H and O–H groups in total. The molecule has 4 aromatic rings. The third-order valence-electron chi connectivity index (χ3n) is 5.85. The van der Waals surface area contributed by atoms with Gasteiger partial charge in [-0.2, -0.15) is 20.3 Å². The molecule has 10 nitrogen and oxygen atoms in total. The summed E-state index contributed by atoms with van der Waals surface area (Å²) in [5, 5.41) is 17.0. The molecule has 2 aromatic heterocycles. The summed E-state index contributed by atoms with van der Waals surface area (Å²) < 4.78 is 7.42. The van der Waals surface area contributed by atoms with E-state index in [1.807, 2.05) is 36.9 Å². The first-order valence-electron chi connectivity index (χ1n) is 11.1. The summed E-state index contributed by atoms with van der Waals surface area (Å²) in [5.41, 5.74) is 11.9. The Kier molecular flexibility index (Phi) is 5.81. The Hall–Kier alpha value is -4.05. The molecule has 0 aliphatic carbocycles. The van der Waals surface area contributed by atoms with E-state index in [2.05, 4.69) is 43.7 Å². The van der Waals surface area contributed by atoms with Crippen molar-refractivity contribution in [2.24, 2.45) is 17.3 Å². The smallest absolute Gasteiger partial charge is 0.228 e. The fourth-order valence-corrected chi connectivity index (χ4v) is 4.11. The zero-order chi connectivity index (χ0) is 23.7.